The van der Waals surface area contributed by atoms with Crippen LogP contribution in [0.1, 0.15) is 25.7 Å². The van der Waals surface area contributed by atoms with Crippen LogP contribution in [0.4, 0.5) is 4.53 Å². The Morgan fingerprint density at radius 2 is 1.86 bits per heavy atom. The van der Waals surface area contributed by atoms with E-state index in [-0.39, 0.29) is 6.10 Å². The van der Waals surface area contributed by atoms with Gasteiger partial charge in [-0.05, 0) is 17.4 Å². The molecule has 1 fully saturated rings. The van der Waals surface area contributed by atoms with E-state index in [0.717, 1.165) is 25.7 Å². The molecule has 1 saturated carbocycles. The van der Waals surface area contributed by atoms with Crippen molar-refractivity contribution >= 4 is 0 Å². The molecule has 7 heavy (non-hydrogen) atoms. The lowest BCUT2D eigenvalue weighted by molar-refractivity contribution is -0.175. The van der Waals surface area contributed by atoms with E-state index in [2.05, 4.69) is 4.94 Å². The molecule has 0 atom stereocenters. The van der Waals surface area contributed by atoms with Crippen molar-refractivity contribution in [1.82, 2.24) is 0 Å². The molecule has 0 N–H and O–H groups in total. The van der Waals surface area contributed by atoms with Crippen molar-refractivity contribution in [2.24, 2.45) is 0 Å². The Bertz CT molecular complexity index is 50.0. The Morgan fingerprint density at radius 1 is 1.29 bits per heavy atom. The summed E-state index contributed by atoms with van der Waals surface area (Å²) in [6, 6.07) is 0. The molecule has 1 aliphatic rings. The SMILES string of the molecule is FOC1CCCC1. The van der Waals surface area contributed by atoms with Crippen molar-refractivity contribution in [3.05, 3.63) is 0 Å². The molecule has 1 nitrogen and oxygen atoms in total. The molecular weight excluding hydrogens is 95.1 g/mol. The van der Waals surface area contributed by atoms with Gasteiger partial charge in [0, 0.05) is 0 Å². The highest BCUT2D eigenvalue weighted by atomic mass is 19.3. The zero-order valence-corrected chi connectivity index (χ0v) is 4.19. The monoisotopic (exact) mass is 104 g/mol. The van der Waals surface area contributed by atoms with Crippen molar-refractivity contribution < 1.29 is 9.47 Å². The van der Waals surface area contributed by atoms with Crippen LogP contribution in [0.5, 0.6) is 0 Å². The Kier molecular flexibility index (Phi) is 1.63. The van der Waals surface area contributed by atoms with Crippen LogP contribution < -0.4 is 0 Å². The predicted octanol–water partition coefficient (Wildman–Crippen LogP) is 1.83. The molecule has 0 aromatic heterocycles. The average Bonchev–Trinajstić information content (AvgIpc) is 2.14. The van der Waals surface area contributed by atoms with Gasteiger partial charge in [-0.2, -0.15) is 4.94 Å². The lowest BCUT2D eigenvalue weighted by Gasteiger charge is -1.96. The highest BCUT2D eigenvalue weighted by Gasteiger charge is 2.14. The molecule has 0 aromatic carbocycles. The fourth-order valence-electron chi connectivity index (χ4n) is 0.977. The summed E-state index contributed by atoms with van der Waals surface area (Å²) in [5.41, 5.74) is 0. The lowest BCUT2D eigenvalue weighted by Crippen LogP contribution is -1.98. The van der Waals surface area contributed by atoms with E-state index in [4.69, 9.17) is 0 Å². The van der Waals surface area contributed by atoms with Gasteiger partial charge in [0.25, 0.3) is 0 Å². The number of hydrogen-bond donors (Lipinski definition) is 0. The van der Waals surface area contributed by atoms with Gasteiger partial charge >= 0.3 is 0 Å². The van der Waals surface area contributed by atoms with Gasteiger partial charge in [-0.3, -0.25) is 0 Å². The van der Waals surface area contributed by atoms with Gasteiger partial charge in [-0.1, -0.05) is 12.8 Å². The Labute approximate surface area is 42.4 Å². The second-order valence-corrected chi connectivity index (χ2v) is 2.00. The molecule has 42 valence electrons. The minimum atomic E-state index is -0.0694. The molecule has 1 aliphatic carbocycles. The standard InChI is InChI=1S/C5H9FO/c6-7-5-3-1-2-4-5/h5H,1-4H2. The normalized spacial score (nSPS) is 23.6. The van der Waals surface area contributed by atoms with Crippen molar-refractivity contribution in [1.29, 1.82) is 0 Å². The van der Waals surface area contributed by atoms with Crippen molar-refractivity contribution in [3.63, 3.8) is 0 Å². The van der Waals surface area contributed by atoms with Crippen LogP contribution in [0, 0.1) is 0 Å². The van der Waals surface area contributed by atoms with E-state index in [0.29, 0.717) is 0 Å². The van der Waals surface area contributed by atoms with Gasteiger partial charge in [-0.25, -0.2) is 0 Å². The van der Waals surface area contributed by atoms with Crippen LogP contribution in [-0.4, -0.2) is 6.10 Å². The molecule has 0 aliphatic heterocycles. The Hall–Kier alpha value is -0.110. The fraction of sp³-hybridized carbons (Fsp3) is 1.00. The second-order valence-electron chi connectivity index (χ2n) is 2.00. The molecule has 0 bridgehead atoms. The summed E-state index contributed by atoms with van der Waals surface area (Å²) in [7, 11) is 0. The van der Waals surface area contributed by atoms with Crippen molar-refractivity contribution in [2.75, 3.05) is 0 Å². The Morgan fingerprint density at radius 3 is 2.14 bits per heavy atom. The minimum Gasteiger partial charge on any atom is -0.191 e. The third-order valence-electron chi connectivity index (χ3n) is 1.43. The van der Waals surface area contributed by atoms with Crippen LogP contribution in [0.2, 0.25) is 0 Å². The maximum Gasteiger partial charge on any atom is 0.0983 e. The van der Waals surface area contributed by atoms with Crippen LogP contribution in [0.25, 0.3) is 0 Å². The molecular formula is C5H9FO. The van der Waals surface area contributed by atoms with Gasteiger partial charge < -0.3 is 0 Å². The quantitative estimate of drug-likeness (QED) is 0.493. The molecule has 1 rings (SSSR count). The first-order chi connectivity index (χ1) is 3.43. The van der Waals surface area contributed by atoms with Gasteiger partial charge in [0.15, 0.2) is 0 Å². The van der Waals surface area contributed by atoms with Crippen LogP contribution in [0.3, 0.4) is 0 Å². The number of hydrogen-bond acceptors (Lipinski definition) is 1. The Balaban J connectivity index is 2.14. The minimum absolute atomic E-state index is 0.0694. The van der Waals surface area contributed by atoms with Crippen molar-refractivity contribution in [2.45, 2.75) is 31.8 Å². The summed E-state index contributed by atoms with van der Waals surface area (Å²) in [6.45, 7) is 0. The summed E-state index contributed by atoms with van der Waals surface area (Å²) in [5.74, 6) is 0. The maximum absolute atomic E-state index is 11.2. The van der Waals surface area contributed by atoms with E-state index in [9.17, 15) is 4.53 Å². The third kappa shape index (κ3) is 1.13. The van der Waals surface area contributed by atoms with E-state index in [1.165, 1.54) is 0 Å². The van der Waals surface area contributed by atoms with Gasteiger partial charge in [0.2, 0.25) is 0 Å². The topological polar surface area (TPSA) is 9.23 Å². The smallest absolute Gasteiger partial charge is 0.0983 e. The van der Waals surface area contributed by atoms with Gasteiger partial charge in [0.1, 0.15) is 0 Å². The molecule has 0 saturated heterocycles. The lowest BCUT2D eigenvalue weighted by atomic mass is 10.3. The molecule has 0 amide bonds. The molecule has 0 heterocycles. The summed E-state index contributed by atoms with van der Waals surface area (Å²) < 4.78 is 11.2. The van der Waals surface area contributed by atoms with Crippen LogP contribution in [0.15, 0.2) is 0 Å². The van der Waals surface area contributed by atoms with Crippen LogP contribution >= 0.6 is 0 Å². The van der Waals surface area contributed by atoms with E-state index < -0.39 is 0 Å². The zero-order chi connectivity index (χ0) is 5.11. The summed E-state index contributed by atoms with van der Waals surface area (Å²) in [4.78, 5) is 3.61. The highest BCUT2D eigenvalue weighted by Crippen LogP contribution is 2.20. The van der Waals surface area contributed by atoms with Gasteiger partial charge in [-0.15, -0.1) is 0 Å². The summed E-state index contributed by atoms with van der Waals surface area (Å²) in [6.07, 6.45) is 4.02. The first-order valence-electron chi connectivity index (χ1n) is 2.71. The highest BCUT2D eigenvalue weighted by molar-refractivity contribution is 4.64. The predicted molar refractivity (Wildman–Crippen MR) is 24.4 cm³/mol. The fourth-order valence-corrected chi connectivity index (χ4v) is 0.977. The average molecular weight is 104 g/mol. The third-order valence-corrected chi connectivity index (χ3v) is 1.43. The van der Waals surface area contributed by atoms with E-state index in [1.54, 1.807) is 0 Å². The largest absolute Gasteiger partial charge is 0.191 e. The van der Waals surface area contributed by atoms with Crippen molar-refractivity contribution in [3.8, 4) is 0 Å². The summed E-state index contributed by atoms with van der Waals surface area (Å²) in [5, 5.41) is 0. The first kappa shape index (κ1) is 5.04. The maximum atomic E-state index is 11.2. The molecule has 0 aromatic rings. The zero-order valence-electron chi connectivity index (χ0n) is 4.19. The molecule has 0 radical (unpaired) electrons. The first-order valence-corrected chi connectivity index (χ1v) is 2.71. The second kappa shape index (κ2) is 2.26. The molecule has 2 heteroatoms. The number of halogens is 1. The molecule has 0 spiro atoms. The summed E-state index contributed by atoms with van der Waals surface area (Å²) >= 11 is 0. The van der Waals surface area contributed by atoms with Crippen LogP contribution in [-0.2, 0) is 4.94 Å². The number of rotatable bonds is 1. The van der Waals surface area contributed by atoms with Gasteiger partial charge in [0.05, 0.1) is 6.10 Å². The van der Waals surface area contributed by atoms with E-state index in [1.807, 2.05) is 0 Å². The van der Waals surface area contributed by atoms with E-state index >= 15 is 0 Å². The molecule has 0 unspecified atom stereocenters.